The van der Waals surface area contributed by atoms with E-state index in [4.69, 9.17) is 10.4 Å². The summed E-state index contributed by atoms with van der Waals surface area (Å²) in [6.45, 7) is 0.217. The Morgan fingerprint density at radius 3 is 2.25 bits per heavy atom. The Kier molecular flexibility index (Phi) is 7.52. The fourth-order valence-electron chi connectivity index (χ4n) is 4.91. The van der Waals surface area contributed by atoms with Crippen molar-refractivity contribution < 1.29 is 22.8 Å². The first-order chi connectivity index (χ1) is 17.2. The van der Waals surface area contributed by atoms with E-state index >= 15 is 0 Å². The lowest BCUT2D eigenvalue weighted by molar-refractivity contribution is -0.142. The van der Waals surface area contributed by atoms with Crippen LogP contribution >= 0.6 is 0 Å². The van der Waals surface area contributed by atoms with Crippen LogP contribution in [0.4, 0.5) is 5.69 Å². The van der Waals surface area contributed by atoms with Crippen LogP contribution in [0.15, 0.2) is 53.4 Å². The van der Waals surface area contributed by atoms with Crippen LogP contribution in [0, 0.1) is 17.2 Å². The van der Waals surface area contributed by atoms with Crippen molar-refractivity contribution in [3.8, 4) is 6.07 Å². The van der Waals surface area contributed by atoms with E-state index in [1.54, 1.807) is 36.4 Å². The van der Waals surface area contributed by atoms with Crippen LogP contribution in [-0.2, 0) is 30.8 Å². The highest BCUT2D eigenvalue weighted by Gasteiger charge is 2.45. The van der Waals surface area contributed by atoms with E-state index in [0.29, 0.717) is 17.7 Å². The topological polar surface area (TPSA) is 142 Å². The molecule has 0 aromatic heterocycles. The van der Waals surface area contributed by atoms with Crippen molar-refractivity contribution in [1.82, 2.24) is 4.90 Å². The molecule has 10 heteroatoms. The Bertz CT molecular complexity index is 1290. The molecule has 0 bridgehead atoms. The first-order valence-electron chi connectivity index (χ1n) is 12.0. The summed E-state index contributed by atoms with van der Waals surface area (Å²) in [4.78, 5) is 42.5. The summed E-state index contributed by atoms with van der Waals surface area (Å²) in [5, 5.41) is 14.2. The zero-order valence-electron chi connectivity index (χ0n) is 19.8. The van der Waals surface area contributed by atoms with E-state index in [9.17, 15) is 22.8 Å². The summed E-state index contributed by atoms with van der Waals surface area (Å²) < 4.78 is 23.1. The number of anilines is 1. The predicted molar refractivity (Wildman–Crippen MR) is 132 cm³/mol. The first kappa shape index (κ1) is 25.5. The van der Waals surface area contributed by atoms with E-state index in [0.717, 1.165) is 42.6 Å². The minimum absolute atomic E-state index is 0.00369. The normalized spacial score (nSPS) is 18.8. The molecule has 0 radical (unpaired) electrons. The Balaban J connectivity index is 1.57. The zero-order valence-corrected chi connectivity index (χ0v) is 20.6. The van der Waals surface area contributed by atoms with Gasteiger partial charge in [0.15, 0.2) is 0 Å². The molecule has 2 aliphatic rings. The molecule has 9 nitrogen and oxygen atoms in total. The second-order valence-corrected chi connectivity index (χ2v) is 10.8. The minimum Gasteiger partial charge on any atom is -0.330 e. The van der Waals surface area contributed by atoms with Gasteiger partial charge in [-0.3, -0.25) is 14.4 Å². The third kappa shape index (κ3) is 5.48. The van der Waals surface area contributed by atoms with Gasteiger partial charge in [-0.2, -0.15) is 5.26 Å². The maximum Gasteiger partial charge on any atom is 0.257 e. The van der Waals surface area contributed by atoms with Crippen molar-refractivity contribution in [2.75, 3.05) is 11.4 Å². The van der Waals surface area contributed by atoms with Crippen molar-refractivity contribution in [3.63, 3.8) is 0 Å². The number of amides is 3. The molecule has 2 aromatic carbocycles. The molecule has 0 spiro atoms. The summed E-state index contributed by atoms with van der Waals surface area (Å²) in [7, 11) is -3.81. The summed E-state index contributed by atoms with van der Waals surface area (Å²) in [5.74, 6) is -1.16. The summed E-state index contributed by atoms with van der Waals surface area (Å²) in [5.41, 5.74) is 1.57. The van der Waals surface area contributed by atoms with Crippen LogP contribution in [0.25, 0.3) is 0 Å². The number of primary sulfonamides is 1. The summed E-state index contributed by atoms with van der Waals surface area (Å²) in [6.07, 6.45) is 4.77. The van der Waals surface area contributed by atoms with Gasteiger partial charge in [-0.1, -0.05) is 31.4 Å². The van der Waals surface area contributed by atoms with Gasteiger partial charge in [-0.15, -0.1) is 0 Å². The number of carbonyl (C=O) groups is 3. The molecule has 1 aliphatic carbocycles. The largest absolute Gasteiger partial charge is 0.330 e. The summed E-state index contributed by atoms with van der Waals surface area (Å²) in [6, 6.07) is 13.4. The number of hydrogen-bond donors (Lipinski definition) is 1. The zero-order chi connectivity index (χ0) is 25.9. The van der Waals surface area contributed by atoms with Gasteiger partial charge in [0.05, 0.1) is 28.6 Å². The number of rotatable bonds is 7. The molecule has 1 unspecified atom stereocenters. The van der Waals surface area contributed by atoms with Crippen LogP contribution in [0.3, 0.4) is 0 Å². The molecule has 4 rings (SSSR count). The van der Waals surface area contributed by atoms with Crippen LogP contribution in [0.2, 0.25) is 0 Å². The molecule has 1 atom stereocenters. The molecule has 3 amide bonds. The quantitative estimate of drug-likeness (QED) is 0.570. The van der Waals surface area contributed by atoms with Crippen molar-refractivity contribution in [2.24, 2.45) is 11.1 Å². The molecule has 1 saturated heterocycles. The van der Waals surface area contributed by atoms with Crippen molar-refractivity contribution in [1.29, 1.82) is 5.26 Å². The van der Waals surface area contributed by atoms with Gasteiger partial charge in [-0.05, 0) is 61.2 Å². The van der Waals surface area contributed by atoms with E-state index in [-0.39, 0.29) is 29.7 Å². The molecule has 1 saturated carbocycles. The lowest BCUT2D eigenvalue weighted by atomic mass is 9.87. The fraction of sp³-hybridized carbons (Fsp3) is 0.385. The molecule has 1 aliphatic heterocycles. The minimum atomic E-state index is -3.81. The molecule has 2 fully saturated rings. The molecular formula is C26H28N4O5S. The number of imide groups is 1. The third-order valence-electron chi connectivity index (χ3n) is 6.88. The smallest absolute Gasteiger partial charge is 0.257 e. The highest BCUT2D eigenvalue weighted by molar-refractivity contribution is 7.89. The maximum absolute atomic E-state index is 13.6. The van der Waals surface area contributed by atoms with E-state index in [2.05, 4.69) is 0 Å². The second kappa shape index (κ2) is 10.6. The van der Waals surface area contributed by atoms with Gasteiger partial charge in [0.2, 0.25) is 21.8 Å². The molecule has 188 valence electrons. The van der Waals surface area contributed by atoms with Crippen LogP contribution in [0.1, 0.15) is 49.7 Å². The lowest BCUT2D eigenvalue weighted by Crippen LogP contribution is -2.48. The SMILES string of the molecule is N#Cc1ccc(N2C(=O)CC(N(CCc3ccc(S(N)(=O)=O)cc3)C(=O)C3CCCCC3)C2=O)cc1. The van der Waals surface area contributed by atoms with Gasteiger partial charge < -0.3 is 4.90 Å². The second-order valence-electron chi connectivity index (χ2n) is 9.25. The number of sulfonamides is 1. The standard InChI is InChI=1S/C26H28N4O5S/c27-17-19-6-10-21(11-7-19)30-24(31)16-23(26(30)33)29(25(32)20-4-2-1-3-5-20)15-14-18-8-12-22(13-9-18)36(28,34)35/h6-13,20,23H,1-5,14-16H2,(H2,28,34,35). The molecule has 2 N–H and O–H groups in total. The van der Waals surface area contributed by atoms with Crippen molar-refractivity contribution >= 4 is 33.4 Å². The Morgan fingerprint density at radius 2 is 1.67 bits per heavy atom. The number of nitrogens with zero attached hydrogens (tertiary/aromatic N) is 3. The van der Waals surface area contributed by atoms with E-state index < -0.39 is 27.9 Å². The monoisotopic (exact) mass is 508 g/mol. The van der Waals surface area contributed by atoms with Crippen molar-refractivity contribution in [2.45, 2.75) is 55.9 Å². The predicted octanol–water partition coefficient (Wildman–Crippen LogP) is 2.49. The highest BCUT2D eigenvalue weighted by Crippen LogP contribution is 2.30. The molecule has 36 heavy (non-hydrogen) atoms. The maximum atomic E-state index is 13.6. The van der Waals surface area contributed by atoms with Gasteiger partial charge in [-0.25, -0.2) is 18.5 Å². The van der Waals surface area contributed by atoms with Gasteiger partial charge >= 0.3 is 0 Å². The number of benzene rings is 2. The van der Waals surface area contributed by atoms with E-state index in [1.807, 2.05) is 6.07 Å². The molecular weight excluding hydrogens is 480 g/mol. The van der Waals surface area contributed by atoms with Crippen LogP contribution < -0.4 is 10.0 Å². The number of hydrogen-bond acceptors (Lipinski definition) is 6. The average molecular weight is 509 g/mol. The summed E-state index contributed by atoms with van der Waals surface area (Å²) >= 11 is 0. The third-order valence-corrected chi connectivity index (χ3v) is 7.81. The highest BCUT2D eigenvalue weighted by atomic mass is 32.2. The first-order valence-corrected chi connectivity index (χ1v) is 13.5. The number of nitrogens with two attached hydrogens (primary N) is 1. The fourth-order valence-corrected chi connectivity index (χ4v) is 5.43. The van der Waals surface area contributed by atoms with Crippen LogP contribution in [0.5, 0.6) is 0 Å². The van der Waals surface area contributed by atoms with Crippen molar-refractivity contribution in [3.05, 3.63) is 59.7 Å². The Hall–Kier alpha value is -3.55. The van der Waals surface area contributed by atoms with Crippen LogP contribution in [-0.4, -0.2) is 43.6 Å². The van der Waals surface area contributed by atoms with Gasteiger partial charge in [0.1, 0.15) is 6.04 Å². The number of carbonyl (C=O) groups excluding carboxylic acids is 3. The van der Waals surface area contributed by atoms with Gasteiger partial charge in [0, 0.05) is 12.5 Å². The lowest BCUT2D eigenvalue weighted by Gasteiger charge is -2.32. The van der Waals surface area contributed by atoms with E-state index in [1.165, 1.54) is 17.0 Å². The average Bonchev–Trinajstić information content (AvgIpc) is 3.17. The molecule has 2 aromatic rings. The Morgan fingerprint density at radius 1 is 1.03 bits per heavy atom. The number of nitriles is 1. The molecule has 1 heterocycles. The van der Waals surface area contributed by atoms with Gasteiger partial charge in [0.25, 0.3) is 5.91 Å². The Labute approximate surface area is 210 Å².